The van der Waals surface area contributed by atoms with Gasteiger partial charge >= 0.3 is 11.8 Å². The molecule has 0 unspecified atom stereocenters. The minimum absolute atomic E-state index is 0.0305. The molecule has 2 amide bonds. The van der Waals surface area contributed by atoms with E-state index in [9.17, 15) is 9.59 Å². The van der Waals surface area contributed by atoms with Gasteiger partial charge in [0.25, 0.3) is 0 Å². The Morgan fingerprint density at radius 2 is 1.64 bits per heavy atom. The van der Waals surface area contributed by atoms with Crippen LogP contribution in [0.25, 0.3) is 0 Å². The molecule has 2 aromatic rings. The molecule has 2 heterocycles. The molecule has 33 heavy (non-hydrogen) atoms. The average Bonchev–Trinajstić information content (AvgIpc) is 3.19. The van der Waals surface area contributed by atoms with Crippen LogP contribution in [0.4, 0.5) is 5.69 Å². The van der Waals surface area contributed by atoms with Crippen molar-refractivity contribution in [3.63, 3.8) is 0 Å². The number of carbonyl (C=O) groups is 2. The SMILES string of the molecule is CN1CCN([C@H](CNC(=O)C(=O)NCc2ccc(Cl)cc2)c2ccc3c(c2)CCN3C)CC1. The largest absolute Gasteiger partial charge is 0.374 e. The minimum Gasteiger partial charge on any atom is -0.374 e. The van der Waals surface area contributed by atoms with Crippen molar-refractivity contribution in [3.8, 4) is 0 Å². The van der Waals surface area contributed by atoms with Crippen LogP contribution in [-0.4, -0.2) is 75.0 Å². The minimum atomic E-state index is -0.627. The summed E-state index contributed by atoms with van der Waals surface area (Å²) in [5, 5.41) is 6.19. The first-order valence-electron chi connectivity index (χ1n) is 11.5. The number of nitrogens with one attached hydrogen (secondary N) is 2. The molecule has 176 valence electrons. The summed E-state index contributed by atoms with van der Waals surface area (Å²) in [5.41, 5.74) is 4.71. The Hall–Kier alpha value is -2.61. The maximum Gasteiger partial charge on any atom is 0.309 e. The number of fused-ring (bicyclic) bond motifs is 1. The molecule has 2 N–H and O–H groups in total. The maximum absolute atomic E-state index is 12.5. The quantitative estimate of drug-likeness (QED) is 0.634. The fourth-order valence-corrected chi connectivity index (χ4v) is 4.65. The zero-order chi connectivity index (χ0) is 23.4. The number of likely N-dealkylation sites (N-methyl/N-ethyl adjacent to an activating group) is 2. The average molecular weight is 470 g/mol. The van der Waals surface area contributed by atoms with Crippen LogP contribution in [0.1, 0.15) is 22.7 Å². The van der Waals surface area contributed by atoms with Crippen LogP contribution in [-0.2, 0) is 22.6 Å². The van der Waals surface area contributed by atoms with Crippen LogP contribution in [0.2, 0.25) is 5.02 Å². The van der Waals surface area contributed by atoms with Crippen molar-refractivity contribution in [2.75, 3.05) is 58.3 Å². The monoisotopic (exact) mass is 469 g/mol. The van der Waals surface area contributed by atoms with Crippen molar-refractivity contribution in [2.45, 2.75) is 19.0 Å². The summed E-state index contributed by atoms with van der Waals surface area (Å²) < 4.78 is 0. The van der Waals surface area contributed by atoms with Crippen molar-refractivity contribution < 1.29 is 9.59 Å². The van der Waals surface area contributed by atoms with E-state index in [2.05, 4.69) is 57.6 Å². The summed E-state index contributed by atoms with van der Waals surface area (Å²) in [6.45, 7) is 5.53. The molecule has 7 nitrogen and oxygen atoms in total. The fourth-order valence-electron chi connectivity index (χ4n) is 4.52. The lowest BCUT2D eigenvalue weighted by Crippen LogP contribution is -2.49. The molecule has 2 aliphatic heterocycles. The predicted molar refractivity (Wildman–Crippen MR) is 132 cm³/mol. The van der Waals surface area contributed by atoms with Gasteiger partial charge in [0.05, 0.1) is 6.04 Å². The van der Waals surface area contributed by atoms with Gasteiger partial charge in [-0.15, -0.1) is 0 Å². The highest BCUT2D eigenvalue weighted by Gasteiger charge is 2.27. The Bertz CT molecular complexity index is 989. The summed E-state index contributed by atoms with van der Waals surface area (Å²) >= 11 is 5.90. The Morgan fingerprint density at radius 1 is 0.939 bits per heavy atom. The molecule has 1 atom stereocenters. The number of amides is 2. The van der Waals surface area contributed by atoms with E-state index in [4.69, 9.17) is 11.6 Å². The second-order valence-corrected chi connectivity index (χ2v) is 9.37. The summed E-state index contributed by atoms with van der Waals surface area (Å²) in [7, 11) is 4.25. The van der Waals surface area contributed by atoms with Gasteiger partial charge in [-0.25, -0.2) is 0 Å². The number of anilines is 1. The summed E-state index contributed by atoms with van der Waals surface area (Å²) in [5.74, 6) is -1.23. The van der Waals surface area contributed by atoms with E-state index in [1.54, 1.807) is 12.1 Å². The van der Waals surface area contributed by atoms with Gasteiger partial charge in [0, 0.05) is 63.6 Å². The first-order chi connectivity index (χ1) is 15.9. The third-order valence-corrected chi connectivity index (χ3v) is 6.88. The van der Waals surface area contributed by atoms with Crippen LogP contribution in [0.15, 0.2) is 42.5 Å². The smallest absolute Gasteiger partial charge is 0.309 e. The van der Waals surface area contributed by atoms with Crippen LogP contribution in [0, 0.1) is 0 Å². The van der Waals surface area contributed by atoms with Gasteiger partial charge in [-0.2, -0.15) is 0 Å². The standard InChI is InChI=1S/C25H32ClN5O2/c1-29-11-13-31(14-12-29)23(19-5-8-22-20(15-19)9-10-30(22)2)17-28-25(33)24(32)27-16-18-3-6-21(26)7-4-18/h3-8,15,23H,9-14,16-17H2,1-2H3,(H,27,32)(H,28,33)/t23-/m1/s1. The Balaban J connectivity index is 1.40. The molecular formula is C25H32ClN5O2. The number of nitrogens with zero attached hydrogens (tertiary/aromatic N) is 3. The summed E-state index contributed by atoms with van der Waals surface area (Å²) in [6.07, 6.45) is 1.04. The number of piperazine rings is 1. The molecule has 1 fully saturated rings. The van der Waals surface area contributed by atoms with Gasteiger partial charge in [-0.05, 0) is 48.4 Å². The van der Waals surface area contributed by atoms with Crippen LogP contribution < -0.4 is 15.5 Å². The predicted octanol–water partition coefficient (Wildman–Crippen LogP) is 2.05. The van der Waals surface area contributed by atoms with E-state index < -0.39 is 11.8 Å². The number of rotatable bonds is 6. The van der Waals surface area contributed by atoms with Crippen molar-refractivity contribution in [1.82, 2.24) is 20.4 Å². The lowest BCUT2D eigenvalue weighted by molar-refractivity contribution is -0.139. The van der Waals surface area contributed by atoms with Gasteiger partial charge in [0.2, 0.25) is 0 Å². The van der Waals surface area contributed by atoms with E-state index in [0.717, 1.165) is 44.7 Å². The van der Waals surface area contributed by atoms with Crippen LogP contribution >= 0.6 is 11.6 Å². The zero-order valence-corrected chi connectivity index (χ0v) is 20.1. The number of halogens is 1. The van der Waals surface area contributed by atoms with Crippen molar-refractivity contribution >= 4 is 29.1 Å². The summed E-state index contributed by atoms with van der Waals surface area (Å²) in [4.78, 5) is 31.9. The highest BCUT2D eigenvalue weighted by Crippen LogP contribution is 2.31. The zero-order valence-electron chi connectivity index (χ0n) is 19.3. The van der Waals surface area contributed by atoms with E-state index in [-0.39, 0.29) is 12.6 Å². The van der Waals surface area contributed by atoms with Gasteiger partial charge in [0.15, 0.2) is 0 Å². The van der Waals surface area contributed by atoms with Gasteiger partial charge in [0.1, 0.15) is 0 Å². The molecule has 0 aliphatic carbocycles. The molecule has 0 saturated carbocycles. The molecule has 0 radical (unpaired) electrons. The number of hydrogen-bond donors (Lipinski definition) is 2. The normalized spacial score (nSPS) is 17.5. The van der Waals surface area contributed by atoms with E-state index in [0.29, 0.717) is 11.6 Å². The lowest BCUT2D eigenvalue weighted by atomic mass is 10.00. The number of benzene rings is 2. The van der Waals surface area contributed by atoms with E-state index in [1.807, 2.05) is 12.1 Å². The van der Waals surface area contributed by atoms with Crippen molar-refractivity contribution in [1.29, 1.82) is 0 Å². The van der Waals surface area contributed by atoms with Gasteiger partial charge < -0.3 is 20.4 Å². The van der Waals surface area contributed by atoms with Gasteiger partial charge in [-0.3, -0.25) is 14.5 Å². The highest BCUT2D eigenvalue weighted by atomic mass is 35.5. The second kappa shape index (κ2) is 10.5. The molecule has 8 heteroatoms. The topological polar surface area (TPSA) is 67.9 Å². The third-order valence-electron chi connectivity index (χ3n) is 6.62. The first-order valence-corrected chi connectivity index (χ1v) is 11.9. The molecule has 1 saturated heterocycles. The Labute approximate surface area is 200 Å². The molecular weight excluding hydrogens is 438 g/mol. The fraction of sp³-hybridized carbons (Fsp3) is 0.440. The van der Waals surface area contributed by atoms with Crippen molar-refractivity contribution in [3.05, 3.63) is 64.2 Å². The highest BCUT2D eigenvalue weighted by molar-refractivity contribution is 6.35. The Morgan fingerprint density at radius 3 is 2.36 bits per heavy atom. The van der Waals surface area contributed by atoms with Crippen LogP contribution in [0.3, 0.4) is 0 Å². The Kier molecular flexibility index (Phi) is 7.53. The van der Waals surface area contributed by atoms with Crippen molar-refractivity contribution in [2.24, 2.45) is 0 Å². The van der Waals surface area contributed by atoms with E-state index in [1.165, 1.54) is 16.8 Å². The third kappa shape index (κ3) is 5.85. The summed E-state index contributed by atoms with van der Waals surface area (Å²) in [6, 6.07) is 13.8. The molecule has 0 aromatic heterocycles. The molecule has 0 spiro atoms. The number of carbonyl (C=O) groups excluding carboxylic acids is 2. The maximum atomic E-state index is 12.5. The lowest BCUT2D eigenvalue weighted by Gasteiger charge is -2.38. The van der Waals surface area contributed by atoms with Gasteiger partial charge in [-0.1, -0.05) is 35.9 Å². The van der Waals surface area contributed by atoms with E-state index >= 15 is 0 Å². The first kappa shape index (κ1) is 23.5. The molecule has 4 rings (SSSR count). The second-order valence-electron chi connectivity index (χ2n) is 8.93. The molecule has 2 aromatic carbocycles. The molecule has 2 aliphatic rings. The number of hydrogen-bond acceptors (Lipinski definition) is 5. The van der Waals surface area contributed by atoms with Crippen LogP contribution in [0.5, 0.6) is 0 Å². The molecule has 0 bridgehead atoms.